The van der Waals surface area contributed by atoms with E-state index >= 15 is 0 Å². The number of H-pyrrole nitrogens is 1. The van der Waals surface area contributed by atoms with Gasteiger partial charge in [-0.3, -0.25) is 19.1 Å². The molecule has 0 spiro atoms. The lowest BCUT2D eigenvalue weighted by Crippen LogP contribution is -2.38. The summed E-state index contributed by atoms with van der Waals surface area (Å²) in [5.74, 6) is -0.511. The molecule has 0 aliphatic rings. The van der Waals surface area contributed by atoms with Gasteiger partial charge in [-0.25, -0.2) is 4.79 Å². The highest BCUT2D eigenvalue weighted by atomic mass is 35.5. The lowest BCUT2D eigenvalue weighted by molar-refractivity contribution is 0.0920. The van der Waals surface area contributed by atoms with E-state index in [1.807, 2.05) is 13.8 Å². The fourth-order valence-corrected chi connectivity index (χ4v) is 2.67. The van der Waals surface area contributed by atoms with Gasteiger partial charge in [-0.2, -0.15) is 0 Å². The van der Waals surface area contributed by atoms with E-state index in [1.165, 1.54) is 12.1 Å². The second-order valence-corrected chi connectivity index (χ2v) is 6.65. The van der Waals surface area contributed by atoms with Crippen molar-refractivity contribution in [2.45, 2.75) is 20.4 Å². The van der Waals surface area contributed by atoms with E-state index in [1.54, 1.807) is 6.07 Å². The first-order valence-corrected chi connectivity index (χ1v) is 8.20. The summed E-state index contributed by atoms with van der Waals surface area (Å²) in [5, 5.41) is 0.650. The lowest BCUT2D eigenvalue weighted by Gasteiger charge is -2.14. The summed E-state index contributed by atoms with van der Waals surface area (Å²) >= 11 is 11.8. The Morgan fingerprint density at radius 1 is 1.32 bits per heavy atom. The zero-order valence-electron chi connectivity index (χ0n) is 13.6. The summed E-state index contributed by atoms with van der Waals surface area (Å²) in [6.07, 6.45) is 0. The molecule has 0 unspecified atom stereocenters. The first-order valence-electron chi connectivity index (χ1n) is 7.44. The summed E-state index contributed by atoms with van der Waals surface area (Å²) in [7, 11) is 0. The van der Waals surface area contributed by atoms with Crippen molar-refractivity contribution in [3.63, 3.8) is 0 Å². The van der Waals surface area contributed by atoms with Crippen LogP contribution >= 0.6 is 23.2 Å². The Kier molecular flexibility index (Phi) is 5.92. The van der Waals surface area contributed by atoms with Crippen LogP contribution < -0.4 is 21.7 Å². The van der Waals surface area contributed by atoms with Gasteiger partial charge in [0.05, 0.1) is 5.02 Å². The van der Waals surface area contributed by atoms with Gasteiger partial charge in [0.25, 0.3) is 5.56 Å². The van der Waals surface area contributed by atoms with Crippen LogP contribution in [0.1, 0.15) is 24.2 Å². The zero-order chi connectivity index (χ0) is 18.7. The molecule has 0 atom stereocenters. The predicted molar refractivity (Wildman–Crippen MR) is 96.9 cm³/mol. The molecule has 25 heavy (non-hydrogen) atoms. The van der Waals surface area contributed by atoms with Crippen LogP contribution in [0.25, 0.3) is 0 Å². The molecule has 1 aromatic carbocycles. The van der Waals surface area contributed by atoms with Crippen LogP contribution in [-0.2, 0) is 6.54 Å². The number of rotatable bonds is 6. The number of ether oxygens (including phenoxy) is 1. The summed E-state index contributed by atoms with van der Waals surface area (Å²) < 4.78 is 6.49. The Labute approximate surface area is 153 Å². The highest BCUT2D eigenvalue weighted by Gasteiger charge is 2.20. The Morgan fingerprint density at radius 3 is 2.60 bits per heavy atom. The van der Waals surface area contributed by atoms with Crippen molar-refractivity contribution in [2.75, 3.05) is 12.3 Å². The molecule has 0 aliphatic carbocycles. The minimum Gasteiger partial charge on any atom is -0.484 e. The minimum atomic E-state index is -0.849. The number of ketones is 1. The Morgan fingerprint density at radius 2 is 2.00 bits per heavy atom. The van der Waals surface area contributed by atoms with Gasteiger partial charge < -0.3 is 10.5 Å². The summed E-state index contributed by atoms with van der Waals surface area (Å²) in [4.78, 5) is 38.4. The fraction of sp³-hybridized carbons (Fsp3) is 0.312. The monoisotopic (exact) mass is 385 g/mol. The molecule has 7 nitrogen and oxygen atoms in total. The van der Waals surface area contributed by atoms with Gasteiger partial charge in [-0.1, -0.05) is 37.0 Å². The second kappa shape index (κ2) is 7.76. The topological polar surface area (TPSA) is 107 Å². The third-order valence-electron chi connectivity index (χ3n) is 3.32. The van der Waals surface area contributed by atoms with Crippen LogP contribution in [0.15, 0.2) is 27.8 Å². The molecule has 1 aromatic heterocycles. The van der Waals surface area contributed by atoms with Crippen LogP contribution in [0, 0.1) is 5.92 Å². The normalized spacial score (nSPS) is 10.9. The third-order valence-corrected chi connectivity index (χ3v) is 3.85. The number of nitrogens with one attached hydrogen (secondary N) is 1. The van der Waals surface area contributed by atoms with Crippen molar-refractivity contribution >= 4 is 34.8 Å². The maximum atomic E-state index is 12.4. The quantitative estimate of drug-likeness (QED) is 0.741. The van der Waals surface area contributed by atoms with Crippen LogP contribution in [0.5, 0.6) is 5.75 Å². The number of carbonyl (C=O) groups is 1. The van der Waals surface area contributed by atoms with Gasteiger partial charge in [0, 0.05) is 11.6 Å². The summed E-state index contributed by atoms with van der Waals surface area (Å²) in [5.41, 5.74) is 4.05. The number of aromatic nitrogens is 2. The van der Waals surface area contributed by atoms with Gasteiger partial charge in [0.1, 0.15) is 17.1 Å². The van der Waals surface area contributed by atoms with Gasteiger partial charge in [0.15, 0.2) is 6.61 Å². The summed E-state index contributed by atoms with van der Waals surface area (Å²) in [6, 6.07) is 4.52. The molecule has 0 radical (unpaired) electrons. The number of Topliss-reactive ketones (excluding diaryl/α,β-unsaturated/α-hetero) is 1. The number of benzene rings is 1. The van der Waals surface area contributed by atoms with E-state index < -0.39 is 23.6 Å². The number of anilines is 1. The number of carbonyl (C=O) groups excluding carboxylic acids is 1. The van der Waals surface area contributed by atoms with Crippen molar-refractivity contribution in [1.29, 1.82) is 0 Å². The SMILES string of the molecule is CC(C)Cn1c(N)c(C(=O)COc2ccc(Cl)cc2Cl)c(=O)[nH]c1=O. The molecule has 2 rings (SSSR count). The summed E-state index contributed by atoms with van der Waals surface area (Å²) in [6.45, 7) is 3.56. The number of halogens is 2. The first-order chi connectivity index (χ1) is 11.7. The molecule has 134 valence electrons. The molecule has 3 N–H and O–H groups in total. The van der Waals surface area contributed by atoms with E-state index in [2.05, 4.69) is 4.98 Å². The molecule has 2 aromatic rings. The van der Waals surface area contributed by atoms with Gasteiger partial charge in [0.2, 0.25) is 5.78 Å². The van der Waals surface area contributed by atoms with Crippen molar-refractivity contribution in [2.24, 2.45) is 5.92 Å². The van der Waals surface area contributed by atoms with Crippen LogP contribution in [0.2, 0.25) is 10.0 Å². The number of aromatic amines is 1. The number of hydrogen-bond acceptors (Lipinski definition) is 5. The lowest BCUT2D eigenvalue weighted by atomic mass is 10.2. The minimum absolute atomic E-state index is 0.0953. The van der Waals surface area contributed by atoms with E-state index in [0.717, 1.165) is 4.57 Å². The average Bonchev–Trinajstić information content (AvgIpc) is 2.50. The molecule has 9 heteroatoms. The van der Waals surface area contributed by atoms with Crippen molar-refractivity contribution in [3.05, 3.63) is 54.6 Å². The number of nitrogens with zero attached hydrogens (tertiary/aromatic N) is 1. The second-order valence-electron chi connectivity index (χ2n) is 5.81. The Hall–Kier alpha value is -2.25. The van der Waals surface area contributed by atoms with E-state index in [4.69, 9.17) is 33.7 Å². The highest BCUT2D eigenvalue weighted by Crippen LogP contribution is 2.27. The maximum absolute atomic E-state index is 12.4. The van der Waals surface area contributed by atoms with Crippen LogP contribution in [0.4, 0.5) is 5.82 Å². The molecule has 0 saturated carbocycles. The standard InChI is InChI=1S/C16H17Cl2N3O4/c1-8(2)6-21-14(19)13(15(23)20-16(21)24)11(22)7-25-12-4-3-9(17)5-10(12)18/h3-5,8H,6-7,19H2,1-2H3,(H,20,23,24). The first kappa shape index (κ1) is 19.1. The van der Waals surface area contributed by atoms with Crippen molar-refractivity contribution in [3.8, 4) is 5.75 Å². The average molecular weight is 386 g/mol. The number of nitrogen functional groups attached to an aromatic ring is 1. The zero-order valence-corrected chi connectivity index (χ0v) is 15.1. The van der Waals surface area contributed by atoms with Gasteiger partial charge in [-0.15, -0.1) is 0 Å². The number of hydrogen-bond donors (Lipinski definition) is 2. The molecule has 0 aliphatic heterocycles. The molecular formula is C16H17Cl2N3O4. The third kappa shape index (κ3) is 4.43. The molecule has 0 amide bonds. The van der Waals surface area contributed by atoms with Crippen LogP contribution in [-0.4, -0.2) is 21.9 Å². The molecule has 0 bridgehead atoms. The van der Waals surface area contributed by atoms with Crippen molar-refractivity contribution in [1.82, 2.24) is 9.55 Å². The smallest absolute Gasteiger partial charge is 0.329 e. The fourth-order valence-electron chi connectivity index (χ4n) is 2.21. The maximum Gasteiger partial charge on any atom is 0.329 e. The number of nitrogens with two attached hydrogens (primary N) is 1. The predicted octanol–water partition coefficient (Wildman–Crippen LogP) is 2.34. The Bertz CT molecular complexity index is 919. The van der Waals surface area contributed by atoms with E-state index in [-0.39, 0.29) is 34.6 Å². The van der Waals surface area contributed by atoms with Crippen molar-refractivity contribution < 1.29 is 9.53 Å². The van der Waals surface area contributed by atoms with Gasteiger partial charge in [-0.05, 0) is 24.1 Å². The largest absolute Gasteiger partial charge is 0.484 e. The Balaban J connectivity index is 2.30. The molecule has 0 saturated heterocycles. The van der Waals surface area contributed by atoms with Crippen LogP contribution in [0.3, 0.4) is 0 Å². The highest BCUT2D eigenvalue weighted by molar-refractivity contribution is 6.35. The van der Waals surface area contributed by atoms with Gasteiger partial charge >= 0.3 is 5.69 Å². The molecule has 1 heterocycles. The van der Waals surface area contributed by atoms with E-state index in [9.17, 15) is 14.4 Å². The molecule has 0 fully saturated rings. The van der Waals surface area contributed by atoms with E-state index in [0.29, 0.717) is 5.02 Å². The molecular weight excluding hydrogens is 369 g/mol.